The van der Waals surface area contributed by atoms with Gasteiger partial charge in [0.05, 0.1) is 6.54 Å². The number of rotatable bonds is 7. The number of nitrogens with one attached hydrogen (secondary N) is 2. The summed E-state index contributed by atoms with van der Waals surface area (Å²) in [7, 11) is 0. The maximum atomic E-state index is 11.6. The Hall–Kier alpha value is -0.810. The van der Waals surface area contributed by atoms with Crippen molar-refractivity contribution in [1.29, 1.82) is 0 Å². The lowest BCUT2D eigenvalue weighted by Gasteiger charge is -2.19. The number of halogens is 1. The van der Waals surface area contributed by atoms with Crippen LogP contribution in [0.15, 0.2) is 0 Å². The van der Waals surface area contributed by atoms with Crippen LogP contribution in [0.5, 0.6) is 0 Å². The third-order valence-corrected chi connectivity index (χ3v) is 3.44. The molecule has 0 heterocycles. The van der Waals surface area contributed by atoms with Gasteiger partial charge in [0.15, 0.2) is 0 Å². The van der Waals surface area contributed by atoms with Crippen LogP contribution in [0.25, 0.3) is 0 Å². The van der Waals surface area contributed by atoms with Crippen molar-refractivity contribution in [1.82, 2.24) is 10.6 Å². The summed E-state index contributed by atoms with van der Waals surface area (Å²) in [5, 5.41) is 5.35. The first-order chi connectivity index (χ1) is 8.87. The SMILES string of the molecule is CC(C)(N)CNC(=O)CNC(=O)CCC1CCCC1.Cl. The summed E-state index contributed by atoms with van der Waals surface area (Å²) < 4.78 is 0. The quantitative estimate of drug-likeness (QED) is 0.664. The Bertz CT molecular complexity index is 310. The molecule has 2 amide bonds. The lowest BCUT2D eigenvalue weighted by atomic mass is 10.0. The van der Waals surface area contributed by atoms with Crippen LogP contribution in [0.3, 0.4) is 0 Å². The van der Waals surface area contributed by atoms with Gasteiger partial charge in [0, 0.05) is 18.5 Å². The van der Waals surface area contributed by atoms with Crippen LogP contribution in [0, 0.1) is 5.92 Å². The lowest BCUT2D eigenvalue weighted by Crippen LogP contribution is -2.47. The van der Waals surface area contributed by atoms with E-state index in [1.807, 2.05) is 13.8 Å². The molecule has 20 heavy (non-hydrogen) atoms. The fourth-order valence-corrected chi connectivity index (χ4v) is 2.29. The van der Waals surface area contributed by atoms with Gasteiger partial charge in [-0.05, 0) is 26.2 Å². The van der Waals surface area contributed by atoms with Crippen LogP contribution >= 0.6 is 12.4 Å². The van der Waals surface area contributed by atoms with Gasteiger partial charge in [-0.25, -0.2) is 0 Å². The van der Waals surface area contributed by atoms with E-state index in [1.165, 1.54) is 25.7 Å². The topological polar surface area (TPSA) is 84.2 Å². The minimum Gasteiger partial charge on any atom is -0.353 e. The summed E-state index contributed by atoms with van der Waals surface area (Å²) in [5.74, 6) is 0.486. The smallest absolute Gasteiger partial charge is 0.239 e. The van der Waals surface area contributed by atoms with E-state index in [0.717, 1.165) is 6.42 Å². The lowest BCUT2D eigenvalue weighted by molar-refractivity contribution is -0.126. The zero-order valence-corrected chi connectivity index (χ0v) is 13.4. The first kappa shape index (κ1) is 19.2. The van der Waals surface area contributed by atoms with Crippen LogP contribution in [0.1, 0.15) is 52.4 Å². The van der Waals surface area contributed by atoms with Gasteiger partial charge in [-0.3, -0.25) is 9.59 Å². The van der Waals surface area contributed by atoms with Gasteiger partial charge >= 0.3 is 0 Å². The van der Waals surface area contributed by atoms with E-state index in [0.29, 0.717) is 18.9 Å². The number of hydrogen-bond donors (Lipinski definition) is 3. The van der Waals surface area contributed by atoms with E-state index in [9.17, 15) is 9.59 Å². The first-order valence-corrected chi connectivity index (χ1v) is 7.19. The van der Waals surface area contributed by atoms with E-state index in [2.05, 4.69) is 10.6 Å². The largest absolute Gasteiger partial charge is 0.353 e. The zero-order valence-electron chi connectivity index (χ0n) is 12.5. The van der Waals surface area contributed by atoms with Crippen molar-refractivity contribution in [2.45, 2.75) is 57.9 Å². The van der Waals surface area contributed by atoms with Crippen LogP contribution in [0.2, 0.25) is 0 Å². The number of amides is 2. The predicted molar refractivity (Wildman–Crippen MR) is 82.7 cm³/mol. The third kappa shape index (κ3) is 9.15. The number of carbonyl (C=O) groups excluding carboxylic acids is 2. The summed E-state index contributed by atoms with van der Waals surface area (Å²) in [6.45, 7) is 4.13. The first-order valence-electron chi connectivity index (χ1n) is 7.19. The van der Waals surface area contributed by atoms with Crippen molar-refractivity contribution in [2.24, 2.45) is 11.7 Å². The van der Waals surface area contributed by atoms with E-state index >= 15 is 0 Å². The molecule has 1 aliphatic rings. The molecule has 118 valence electrons. The monoisotopic (exact) mass is 305 g/mol. The minimum absolute atomic E-state index is 0. The molecule has 1 saturated carbocycles. The summed E-state index contributed by atoms with van der Waals surface area (Å²) in [6.07, 6.45) is 6.56. The summed E-state index contributed by atoms with van der Waals surface area (Å²) in [6, 6.07) is 0. The molecule has 1 aliphatic carbocycles. The molecule has 0 aromatic rings. The number of hydrogen-bond acceptors (Lipinski definition) is 3. The van der Waals surface area contributed by atoms with Crippen LogP contribution in [-0.4, -0.2) is 30.4 Å². The second kappa shape index (κ2) is 9.19. The molecule has 0 aromatic heterocycles. The minimum atomic E-state index is -0.428. The average Bonchev–Trinajstić information content (AvgIpc) is 2.83. The van der Waals surface area contributed by atoms with Crippen molar-refractivity contribution >= 4 is 24.2 Å². The summed E-state index contributed by atoms with van der Waals surface area (Å²) in [4.78, 5) is 23.1. The second-order valence-electron chi connectivity index (χ2n) is 6.23. The molecular formula is C14H28ClN3O2. The molecule has 0 saturated heterocycles. The molecular weight excluding hydrogens is 278 g/mol. The van der Waals surface area contributed by atoms with E-state index in [-0.39, 0.29) is 30.8 Å². The van der Waals surface area contributed by atoms with Gasteiger partial charge in [-0.15, -0.1) is 12.4 Å². The Labute approximate surface area is 127 Å². The Morgan fingerprint density at radius 3 is 2.30 bits per heavy atom. The number of nitrogens with two attached hydrogens (primary N) is 1. The molecule has 0 radical (unpaired) electrons. The molecule has 1 fully saturated rings. The maximum absolute atomic E-state index is 11.6. The van der Waals surface area contributed by atoms with Gasteiger partial charge in [0.1, 0.15) is 0 Å². The van der Waals surface area contributed by atoms with Gasteiger partial charge < -0.3 is 16.4 Å². The third-order valence-electron chi connectivity index (χ3n) is 3.44. The fourth-order valence-electron chi connectivity index (χ4n) is 2.29. The highest BCUT2D eigenvalue weighted by atomic mass is 35.5. The van der Waals surface area contributed by atoms with Crippen LogP contribution < -0.4 is 16.4 Å². The van der Waals surface area contributed by atoms with E-state index in [4.69, 9.17) is 5.73 Å². The maximum Gasteiger partial charge on any atom is 0.239 e. The molecule has 0 unspecified atom stereocenters. The summed E-state index contributed by atoms with van der Waals surface area (Å²) in [5.41, 5.74) is 5.33. The molecule has 0 spiro atoms. The number of carbonyl (C=O) groups is 2. The second-order valence-corrected chi connectivity index (χ2v) is 6.23. The van der Waals surface area contributed by atoms with Crippen molar-refractivity contribution in [3.05, 3.63) is 0 Å². The molecule has 6 heteroatoms. The predicted octanol–water partition coefficient (Wildman–Crippen LogP) is 1.35. The molecule has 0 atom stereocenters. The van der Waals surface area contributed by atoms with Crippen molar-refractivity contribution in [3.63, 3.8) is 0 Å². The van der Waals surface area contributed by atoms with Crippen molar-refractivity contribution in [2.75, 3.05) is 13.1 Å². The van der Waals surface area contributed by atoms with E-state index < -0.39 is 5.54 Å². The van der Waals surface area contributed by atoms with Gasteiger partial charge in [-0.1, -0.05) is 25.7 Å². The average molecular weight is 306 g/mol. The van der Waals surface area contributed by atoms with Crippen molar-refractivity contribution < 1.29 is 9.59 Å². The highest BCUT2D eigenvalue weighted by Crippen LogP contribution is 2.28. The van der Waals surface area contributed by atoms with Crippen LogP contribution in [0.4, 0.5) is 0 Å². The normalized spacial score (nSPS) is 15.6. The fraction of sp³-hybridized carbons (Fsp3) is 0.857. The van der Waals surface area contributed by atoms with E-state index in [1.54, 1.807) is 0 Å². The van der Waals surface area contributed by atoms with Gasteiger partial charge in [-0.2, -0.15) is 0 Å². The van der Waals surface area contributed by atoms with Crippen molar-refractivity contribution in [3.8, 4) is 0 Å². The molecule has 5 nitrogen and oxygen atoms in total. The highest BCUT2D eigenvalue weighted by molar-refractivity contribution is 5.85. The molecule has 0 aromatic carbocycles. The molecule has 0 aliphatic heterocycles. The summed E-state index contributed by atoms with van der Waals surface area (Å²) >= 11 is 0. The van der Waals surface area contributed by atoms with Gasteiger partial charge in [0.25, 0.3) is 0 Å². The Kier molecular flexibility index (Phi) is 8.81. The highest BCUT2D eigenvalue weighted by Gasteiger charge is 2.16. The molecule has 4 N–H and O–H groups in total. The van der Waals surface area contributed by atoms with Crippen LogP contribution in [-0.2, 0) is 9.59 Å². The zero-order chi connectivity index (χ0) is 14.3. The van der Waals surface area contributed by atoms with Gasteiger partial charge in [0.2, 0.25) is 11.8 Å². The Morgan fingerprint density at radius 1 is 1.15 bits per heavy atom. The Morgan fingerprint density at radius 2 is 1.75 bits per heavy atom. The Balaban J connectivity index is 0.00000361. The standard InChI is InChI=1S/C14H27N3O2.ClH/c1-14(2,15)10-17-13(19)9-16-12(18)8-7-11-5-3-4-6-11;/h11H,3-10,15H2,1-2H3,(H,16,18)(H,17,19);1H. The molecule has 1 rings (SSSR count). The molecule has 0 bridgehead atoms.